The predicted molar refractivity (Wildman–Crippen MR) is 132 cm³/mol. The van der Waals surface area contributed by atoms with Crippen LogP contribution in [0, 0.1) is 0 Å². The van der Waals surface area contributed by atoms with Gasteiger partial charge in [0, 0.05) is 37.9 Å². The molecule has 10 heteroatoms. The Labute approximate surface area is 208 Å². The van der Waals surface area contributed by atoms with Gasteiger partial charge in [-0.1, -0.05) is 6.07 Å². The van der Waals surface area contributed by atoms with Crippen LogP contribution in [-0.2, 0) is 4.74 Å². The first-order chi connectivity index (χ1) is 17.1. The van der Waals surface area contributed by atoms with Crippen LogP contribution in [0.1, 0.15) is 52.0 Å². The van der Waals surface area contributed by atoms with E-state index in [0.717, 1.165) is 35.3 Å². The third kappa shape index (κ3) is 4.94. The zero-order chi connectivity index (χ0) is 25.6. The summed E-state index contributed by atoms with van der Waals surface area (Å²) in [5.41, 5.74) is 2.02. The second-order valence-electron chi connectivity index (χ2n) is 10.5. The van der Waals surface area contributed by atoms with Crippen molar-refractivity contribution in [1.29, 1.82) is 0 Å². The van der Waals surface area contributed by atoms with E-state index in [0.29, 0.717) is 31.2 Å². The van der Waals surface area contributed by atoms with Gasteiger partial charge >= 0.3 is 12.7 Å². The number of anilines is 1. The van der Waals surface area contributed by atoms with Gasteiger partial charge in [0.25, 0.3) is 0 Å². The first kappa shape index (κ1) is 24.3. The van der Waals surface area contributed by atoms with Gasteiger partial charge in [-0.05, 0) is 64.2 Å². The number of ether oxygens (including phenoxy) is 2. The summed E-state index contributed by atoms with van der Waals surface area (Å²) in [6, 6.07) is 6.65. The number of alkyl halides is 2. The normalized spacial score (nSPS) is 18.7. The predicted octanol–water partition coefficient (Wildman–Crippen LogP) is 5.34. The zero-order valence-corrected chi connectivity index (χ0v) is 20.9. The van der Waals surface area contributed by atoms with Gasteiger partial charge in [0.05, 0.1) is 11.1 Å². The van der Waals surface area contributed by atoms with E-state index >= 15 is 0 Å². The van der Waals surface area contributed by atoms with Gasteiger partial charge in [-0.15, -0.1) is 0 Å². The molecule has 1 aromatic carbocycles. The summed E-state index contributed by atoms with van der Waals surface area (Å²) in [4.78, 5) is 25.9. The number of hydrogen-bond donors (Lipinski definition) is 0. The highest BCUT2D eigenvalue weighted by atomic mass is 19.3. The molecule has 1 saturated heterocycles. The Kier molecular flexibility index (Phi) is 6.22. The van der Waals surface area contributed by atoms with Gasteiger partial charge in [0.15, 0.2) is 0 Å². The molecule has 192 valence electrons. The lowest BCUT2D eigenvalue weighted by molar-refractivity contribution is -0.0498. The zero-order valence-electron chi connectivity index (χ0n) is 20.9. The average molecular weight is 500 g/mol. The van der Waals surface area contributed by atoms with Crippen LogP contribution in [-0.4, -0.2) is 63.4 Å². The van der Waals surface area contributed by atoms with E-state index in [1.54, 1.807) is 17.0 Å². The molecule has 0 radical (unpaired) electrons. The molecule has 0 unspecified atom stereocenters. The van der Waals surface area contributed by atoms with Gasteiger partial charge in [0.2, 0.25) is 0 Å². The molecule has 0 N–H and O–H groups in total. The molecule has 3 aromatic rings. The molecule has 1 aliphatic carbocycles. The average Bonchev–Trinajstić information content (AvgIpc) is 3.57. The lowest BCUT2D eigenvalue weighted by Crippen LogP contribution is -2.54. The first-order valence-corrected chi connectivity index (χ1v) is 12.3. The van der Waals surface area contributed by atoms with Crippen molar-refractivity contribution in [3.8, 4) is 11.4 Å². The van der Waals surface area contributed by atoms with E-state index in [-0.39, 0.29) is 17.9 Å². The van der Waals surface area contributed by atoms with Gasteiger partial charge in [-0.25, -0.2) is 14.8 Å². The van der Waals surface area contributed by atoms with Gasteiger partial charge in [-0.3, -0.25) is 0 Å². The van der Waals surface area contributed by atoms with Crippen molar-refractivity contribution in [1.82, 2.24) is 19.4 Å². The highest BCUT2D eigenvalue weighted by molar-refractivity contribution is 5.93. The molecule has 2 aromatic heterocycles. The Morgan fingerprint density at radius 3 is 2.61 bits per heavy atom. The molecule has 1 saturated carbocycles. The minimum atomic E-state index is -2.89. The molecular weight excluding hydrogens is 468 g/mol. The lowest BCUT2D eigenvalue weighted by Gasteiger charge is -2.41. The Balaban J connectivity index is 1.49. The van der Waals surface area contributed by atoms with E-state index in [9.17, 15) is 13.6 Å². The molecule has 5 rings (SSSR count). The van der Waals surface area contributed by atoms with Crippen LogP contribution in [0.5, 0.6) is 5.75 Å². The number of rotatable bonds is 5. The number of amides is 1. The number of aromatic nitrogens is 3. The Morgan fingerprint density at radius 2 is 1.94 bits per heavy atom. The second kappa shape index (κ2) is 9.22. The van der Waals surface area contributed by atoms with Crippen molar-refractivity contribution >= 4 is 22.9 Å². The van der Waals surface area contributed by atoms with Gasteiger partial charge < -0.3 is 23.8 Å². The van der Waals surface area contributed by atoms with E-state index in [1.807, 2.05) is 37.6 Å². The molecule has 0 bridgehead atoms. The van der Waals surface area contributed by atoms with E-state index in [1.165, 1.54) is 12.4 Å². The molecule has 8 nitrogen and oxygen atoms in total. The van der Waals surface area contributed by atoms with Crippen molar-refractivity contribution in [2.45, 2.75) is 64.7 Å². The van der Waals surface area contributed by atoms with Crippen molar-refractivity contribution in [2.24, 2.45) is 0 Å². The molecule has 0 spiro atoms. The summed E-state index contributed by atoms with van der Waals surface area (Å²) < 4.78 is 37.7. The summed E-state index contributed by atoms with van der Waals surface area (Å²) in [5, 5.41) is 0.970. The van der Waals surface area contributed by atoms with Crippen molar-refractivity contribution < 1.29 is 23.0 Å². The number of halogens is 2. The second-order valence-corrected chi connectivity index (χ2v) is 10.5. The molecular formula is C26H31F2N5O3. The number of piperazine rings is 1. The maximum Gasteiger partial charge on any atom is 0.410 e. The summed E-state index contributed by atoms with van der Waals surface area (Å²) in [5.74, 6) is 1.34. The Bertz CT molecular complexity index is 1270. The largest absolute Gasteiger partial charge is 0.444 e. The van der Waals surface area contributed by atoms with Crippen LogP contribution in [0.25, 0.3) is 16.7 Å². The summed E-state index contributed by atoms with van der Waals surface area (Å²) in [7, 11) is 0. The third-order valence-electron chi connectivity index (χ3n) is 6.48. The van der Waals surface area contributed by atoms with Crippen LogP contribution in [0.4, 0.5) is 19.4 Å². The summed E-state index contributed by atoms with van der Waals surface area (Å²) in [6.07, 6.45) is 5.45. The van der Waals surface area contributed by atoms with Crippen LogP contribution < -0.4 is 9.64 Å². The highest BCUT2D eigenvalue weighted by Crippen LogP contribution is 2.46. The molecule has 2 fully saturated rings. The van der Waals surface area contributed by atoms with Gasteiger partial charge in [0.1, 0.15) is 29.1 Å². The summed E-state index contributed by atoms with van der Waals surface area (Å²) >= 11 is 0. The number of fused-ring (bicyclic) bond motifs is 1. The topological polar surface area (TPSA) is 72.7 Å². The van der Waals surface area contributed by atoms with Crippen LogP contribution in [0.2, 0.25) is 0 Å². The molecule has 1 atom stereocenters. The number of carbonyl (C=O) groups is 1. The molecule has 3 heterocycles. The number of hydrogen-bond acceptors (Lipinski definition) is 6. The third-order valence-corrected chi connectivity index (χ3v) is 6.48. The number of carbonyl (C=O) groups excluding carboxylic acids is 1. The number of nitrogens with zero attached hydrogens (tertiary/aromatic N) is 5. The Morgan fingerprint density at radius 1 is 1.17 bits per heavy atom. The van der Waals surface area contributed by atoms with Crippen molar-refractivity contribution in [3.63, 3.8) is 0 Å². The fraction of sp³-hybridized carbons (Fsp3) is 0.500. The molecule has 2 aliphatic rings. The molecule has 1 aliphatic heterocycles. The van der Waals surface area contributed by atoms with E-state index < -0.39 is 12.2 Å². The summed E-state index contributed by atoms with van der Waals surface area (Å²) in [6.45, 7) is 6.43. The van der Waals surface area contributed by atoms with Crippen LogP contribution in [0.3, 0.4) is 0 Å². The Hall–Kier alpha value is -3.43. The molecule has 36 heavy (non-hydrogen) atoms. The standard InChI is InChI=1S/C26H31F2N5O3/c1-16-13-31(25(34)36-26(2,3)4)10-11-32(16)22-21-20(17-8-9-17)14-33(23(21)30-15-29-22)18-6-5-7-19(12-18)35-24(27)28/h5-7,12,14-17,24H,8-11,13H2,1-4H3/t16-/m0/s1. The fourth-order valence-electron chi connectivity index (χ4n) is 4.77. The SMILES string of the molecule is C[C@H]1CN(C(=O)OC(C)(C)C)CCN1c1ncnc2c1c(C1CC1)cn2-c1cccc(OC(F)F)c1. The minimum Gasteiger partial charge on any atom is -0.444 e. The first-order valence-electron chi connectivity index (χ1n) is 12.3. The monoisotopic (exact) mass is 499 g/mol. The van der Waals surface area contributed by atoms with Crippen molar-refractivity contribution in [2.75, 3.05) is 24.5 Å². The highest BCUT2D eigenvalue weighted by Gasteiger charge is 2.34. The van der Waals surface area contributed by atoms with Gasteiger partial charge in [-0.2, -0.15) is 8.78 Å². The maximum absolute atomic E-state index is 12.8. The number of benzene rings is 1. The smallest absolute Gasteiger partial charge is 0.410 e. The fourth-order valence-corrected chi connectivity index (χ4v) is 4.77. The van der Waals surface area contributed by atoms with Crippen LogP contribution >= 0.6 is 0 Å². The van der Waals surface area contributed by atoms with E-state index in [4.69, 9.17) is 4.74 Å². The van der Waals surface area contributed by atoms with E-state index in [2.05, 4.69) is 26.5 Å². The lowest BCUT2D eigenvalue weighted by atomic mass is 10.1. The van der Waals surface area contributed by atoms with Crippen LogP contribution in [0.15, 0.2) is 36.8 Å². The molecule has 1 amide bonds. The maximum atomic E-state index is 12.8. The van der Waals surface area contributed by atoms with Crippen molar-refractivity contribution in [3.05, 3.63) is 42.4 Å². The minimum absolute atomic E-state index is 0.0162. The quantitative estimate of drug-likeness (QED) is 0.472.